The first-order chi connectivity index (χ1) is 8.56. The number of ether oxygens (including phenoxy) is 1. The molecular weight excluding hydrogens is 250 g/mol. The Morgan fingerprint density at radius 1 is 1.17 bits per heavy atom. The summed E-state index contributed by atoms with van der Waals surface area (Å²) in [6.07, 6.45) is 0.0877. The first-order valence-electron chi connectivity index (χ1n) is 5.62. The maximum absolute atomic E-state index is 6.16. The maximum atomic E-state index is 6.16. The highest BCUT2D eigenvalue weighted by Gasteiger charge is 2.07. The molecule has 1 heterocycles. The van der Waals surface area contributed by atoms with E-state index >= 15 is 0 Å². The van der Waals surface area contributed by atoms with Crippen molar-refractivity contribution in [3.05, 3.63) is 35.4 Å². The van der Waals surface area contributed by atoms with Crippen molar-refractivity contribution in [1.82, 2.24) is 10.2 Å². The molecule has 1 aromatic heterocycles. The topological polar surface area (TPSA) is 61.0 Å². The molecule has 0 saturated heterocycles. The molecule has 94 valence electrons. The zero-order valence-electron chi connectivity index (χ0n) is 10.2. The number of halogens is 1. The lowest BCUT2D eigenvalue weighted by Crippen LogP contribution is -2.05. The van der Waals surface area contributed by atoms with E-state index in [4.69, 9.17) is 22.1 Å². The Morgan fingerprint density at radius 3 is 2.50 bits per heavy atom. The second-order valence-electron chi connectivity index (χ2n) is 4.16. The van der Waals surface area contributed by atoms with Gasteiger partial charge in [-0.1, -0.05) is 11.6 Å². The van der Waals surface area contributed by atoms with Gasteiger partial charge < -0.3 is 10.5 Å². The van der Waals surface area contributed by atoms with Crippen LogP contribution >= 0.6 is 11.6 Å². The number of hydrogen-bond acceptors (Lipinski definition) is 4. The second-order valence-corrected chi connectivity index (χ2v) is 4.56. The van der Waals surface area contributed by atoms with Gasteiger partial charge in [-0.05, 0) is 44.2 Å². The van der Waals surface area contributed by atoms with Crippen LogP contribution in [0.5, 0.6) is 5.75 Å². The number of benzene rings is 1. The van der Waals surface area contributed by atoms with Crippen molar-refractivity contribution in [3.63, 3.8) is 0 Å². The van der Waals surface area contributed by atoms with Crippen molar-refractivity contribution < 1.29 is 4.74 Å². The third kappa shape index (κ3) is 2.90. The lowest BCUT2D eigenvalue weighted by atomic mass is 10.1. The van der Waals surface area contributed by atoms with Crippen LogP contribution in [0.3, 0.4) is 0 Å². The van der Waals surface area contributed by atoms with Crippen LogP contribution in [0.1, 0.15) is 13.8 Å². The van der Waals surface area contributed by atoms with E-state index in [9.17, 15) is 0 Å². The third-order valence-corrected chi connectivity index (χ3v) is 2.57. The van der Waals surface area contributed by atoms with Crippen molar-refractivity contribution >= 4 is 17.4 Å². The molecule has 5 heteroatoms. The number of rotatable bonds is 3. The second kappa shape index (κ2) is 5.23. The van der Waals surface area contributed by atoms with Crippen LogP contribution in [0.25, 0.3) is 11.3 Å². The van der Waals surface area contributed by atoms with Gasteiger partial charge in [-0.3, -0.25) is 0 Å². The van der Waals surface area contributed by atoms with Crippen LogP contribution in [-0.4, -0.2) is 16.3 Å². The summed E-state index contributed by atoms with van der Waals surface area (Å²) in [5.41, 5.74) is 7.10. The van der Waals surface area contributed by atoms with Crippen LogP contribution in [-0.2, 0) is 0 Å². The molecule has 18 heavy (non-hydrogen) atoms. The molecule has 0 atom stereocenters. The molecule has 2 N–H and O–H groups in total. The van der Waals surface area contributed by atoms with Gasteiger partial charge in [0.1, 0.15) is 11.6 Å². The number of hydrogen-bond donors (Lipinski definition) is 1. The van der Waals surface area contributed by atoms with Crippen LogP contribution < -0.4 is 10.5 Å². The van der Waals surface area contributed by atoms with E-state index in [0.29, 0.717) is 16.6 Å². The predicted octanol–water partition coefficient (Wildman–Crippen LogP) is 3.17. The minimum Gasteiger partial charge on any atom is -0.489 e. The highest BCUT2D eigenvalue weighted by Crippen LogP contribution is 2.30. The van der Waals surface area contributed by atoms with Gasteiger partial charge in [0.05, 0.1) is 16.8 Å². The quantitative estimate of drug-likeness (QED) is 0.924. The van der Waals surface area contributed by atoms with E-state index in [0.717, 1.165) is 11.3 Å². The Kier molecular flexibility index (Phi) is 3.67. The summed E-state index contributed by atoms with van der Waals surface area (Å²) in [6, 6.07) is 9.03. The van der Waals surface area contributed by atoms with E-state index in [2.05, 4.69) is 10.2 Å². The van der Waals surface area contributed by atoms with Crippen LogP contribution in [0.15, 0.2) is 30.3 Å². The Labute approximate surface area is 111 Å². The minimum absolute atomic E-state index is 0.0877. The van der Waals surface area contributed by atoms with Crippen molar-refractivity contribution in [3.8, 4) is 17.0 Å². The zero-order valence-corrected chi connectivity index (χ0v) is 11.0. The lowest BCUT2D eigenvalue weighted by Gasteiger charge is -2.12. The number of anilines is 1. The molecule has 0 aliphatic rings. The Hall–Kier alpha value is -1.81. The molecule has 0 amide bonds. The number of nitrogen functional groups attached to an aromatic ring is 1. The van der Waals surface area contributed by atoms with E-state index in [1.165, 1.54) is 0 Å². The SMILES string of the molecule is CC(C)Oc1ccc(-c2ccc(N)nn2)cc1Cl. The highest BCUT2D eigenvalue weighted by molar-refractivity contribution is 6.32. The number of nitrogens with two attached hydrogens (primary N) is 1. The molecule has 0 fully saturated rings. The fourth-order valence-electron chi connectivity index (χ4n) is 1.51. The summed E-state index contributed by atoms with van der Waals surface area (Å²) in [4.78, 5) is 0. The molecule has 0 unspecified atom stereocenters. The van der Waals surface area contributed by atoms with Gasteiger partial charge in [-0.15, -0.1) is 10.2 Å². The molecule has 1 aromatic carbocycles. The maximum Gasteiger partial charge on any atom is 0.146 e. The van der Waals surface area contributed by atoms with Crippen LogP contribution in [0.4, 0.5) is 5.82 Å². The number of aromatic nitrogens is 2. The molecule has 2 rings (SSSR count). The zero-order chi connectivity index (χ0) is 13.1. The van der Waals surface area contributed by atoms with Crippen LogP contribution in [0, 0.1) is 0 Å². The molecule has 0 saturated carbocycles. The molecule has 0 aliphatic heterocycles. The standard InChI is InChI=1S/C13H14ClN3O/c1-8(2)18-12-5-3-9(7-10(12)14)11-4-6-13(15)17-16-11/h3-8H,1-2H3,(H2,15,17). The van der Waals surface area contributed by atoms with E-state index in [1.54, 1.807) is 18.2 Å². The summed E-state index contributed by atoms with van der Waals surface area (Å²) in [7, 11) is 0. The van der Waals surface area contributed by atoms with Crippen molar-refractivity contribution in [2.24, 2.45) is 0 Å². The monoisotopic (exact) mass is 263 g/mol. The largest absolute Gasteiger partial charge is 0.489 e. The first kappa shape index (κ1) is 12.6. The van der Waals surface area contributed by atoms with Gasteiger partial charge in [0.15, 0.2) is 0 Å². The number of nitrogens with zero attached hydrogens (tertiary/aromatic N) is 2. The lowest BCUT2D eigenvalue weighted by molar-refractivity contribution is 0.242. The minimum atomic E-state index is 0.0877. The van der Waals surface area contributed by atoms with Gasteiger partial charge >= 0.3 is 0 Å². The average Bonchev–Trinajstić information content (AvgIpc) is 2.32. The molecule has 4 nitrogen and oxygen atoms in total. The summed E-state index contributed by atoms with van der Waals surface area (Å²) < 4.78 is 5.57. The van der Waals surface area contributed by atoms with Gasteiger partial charge in [0.2, 0.25) is 0 Å². The molecular formula is C13H14ClN3O. The summed E-state index contributed by atoms with van der Waals surface area (Å²) in [5.74, 6) is 1.06. The van der Waals surface area contributed by atoms with Crippen molar-refractivity contribution in [2.75, 3.05) is 5.73 Å². The summed E-state index contributed by atoms with van der Waals surface area (Å²) in [6.45, 7) is 3.91. The molecule has 0 bridgehead atoms. The van der Waals surface area contributed by atoms with Crippen molar-refractivity contribution in [2.45, 2.75) is 20.0 Å². The van der Waals surface area contributed by atoms with Crippen LogP contribution in [0.2, 0.25) is 5.02 Å². The van der Waals surface area contributed by atoms with Gasteiger partial charge in [-0.25, -0.2) is 0 Å². The molecule has 0 aliphatic carbocycles. The molecule has 0 spiro atoms. The normalized spacial score (nSPS) is 10.7. The Bertz CT molecular complexity index is 540. The molecule has 0 radical (unpaired) electrons. The average molecular weight is 264 g/mol. The van der Waals surface area contributed by atoms with Gasteiger partial charge in [-0.2, -0.15) is 0 Å². The predicted molar refractivity (Wildman–Crippen MR) is 72.7 cm³/mol. The fraction of sp³-hybridized carbons (Fsp3) is 0.231. The summed E-state index contributed by atoms with van der Waals surface area (Å²) in [5, 5.41) is 8.37. The Balaban J connectivity index is 2.31. The highest BCUT2D eigenvalue weighted by atomic mass is 35.5. The van der Waals surface area contributed by atoms with E-state index in [1.807, 2.05) is 26.0 Å². The third-order valence-electron chi connectivity index (χ3n) is 2.28. The molecule has 2 aromatic rings. The smallest absolute Gasteiger partial charge is 0.146 e. The van der Waals surface area contributed by atoms with Gasteiger partial charge in [0.25, 0.3) is 0 Å². The Morgan fingerprint density at radius 2 is 1.94 bits per heavy atom. The first-order valence-corrected chi connectivity index (χ1v) is 6.00. The fourth-order valence-corrected chi connectivity index (χ4v) is 1.73. The van der Waals surface area contributed by atoms with E-state index in [-0.39, 0.29) is 6.10 Å². The summed E-state index contributed by atoms with van der Waals surface area (Å²) >= 11 is 6.16. The van der Waals surface area contributed by atoms with Gasteiger partial charge in [0, 0.05) is 5.56 Å². The van der Waals surface area contributed by atoms with E-state index < -0.39 is 0 Å². The van der Waals surface area contributed by atoms with Crippen molar-refractivity contribution in [1.29, 1.82) is 0 Å².